The van der Waals surface area contributed by atoms with Gasteiger partial charge in [0, 0.05) is 0 Å². The maximum absolute atomic E-state index is 2.55. The Balaban J connectivity index is 1.56. The molecule has 0 amide bonds. The largest absolute Gasteiger partial charge is 0.0914 e. The van der Waals surface area contributed by atoms with Crippen LogP contribution >= 0.6 is 0 Å². The third-order valence-electron chi connectivity index (χ3n) is 5.97. The van der Waals surface area contributed by atoms with Gasteiger partial charge in [-0.15, -0.1) is 0 Å². The third-order valence-corrected chi connectivity index (χ3v) is 5.97. The van der Waals surface area contributed by atoms with E-state index >= 15 is 0 Å². The molecule has 2 aliphatic rings. The molecular weight excluding hydrogens is 252 g/mol. The maximum atomic E-state index is 2.55. The molecule has 0 nitrogen and oxygen atoms in total. The van der Waals surface area contributed by atoms with Crippen LogP contribution in [0.3, 0.4) is 0 Å². The molecule has 0 atom stereocenters. The molecule has 2 fully saturated rings. The summed E-state index contributed by atoms with van der Waals surface area (Å²) in [6.45, 7) is 4.51. The molecule has 0 radical (unpaired) electrons. The lowest BCUT2D eigenvalue weighted by atomic mass is 9.79. The predicted octanol–water partition coefficient (Wildman–Crippen LogP) is 6.92. The average molecular weight is 289 g/mol. The number of rotatable bonds is 6. The second-order valence-corrected chi connectivity index (χ2v) is 7.50. The molecule has 0 bridgehead atoms. The molecule has 0 aromatic heterocycles. The number of hydrogen-bond acceptors (Lipinski definition) is 0. The van der Waals surface area contributed by atoms with Crippen LogP contribution in [0.2, 0.25) is 0 Å². The van der Waals surface area contributed by atoms with E-state index in [0.29, 0.717) is 0 Å². The molecule has 2 rings (SSSR count). The van der Waals surface area contributed by atoms with E-state index in [9.17, 15) is 0 Å². The molecule has 0 heteroatoms. The predicted molar refractivity (Wildman–Crippen MR) is 94.4 cm³/mol. The van der Waals surface area contributed by atoms with Crippen LogP contribution in [0.5, 0.6) is 0 Å². The monoisotopic (exact) mass is 288 g/mol. The summed E-state index contributed by atoms with van der Waals surface area (Å²) in [7, 11) is 0. The highest BCUT2D eigenvalue weighted by molar-refractivity contribution is 4.92. The summed E-state index contributed by atoms with van der Waals surface area (Å²) in [5.41, 5.74) is 0. The molecule has 2 aliphatic carbocycles. The molecule has 0 unspecified atom stereocenters. The molecule has 2 saturated carbocycles. The fourth-order valence-electron chi connectivity index (χ4n) is 4.35. The molecule has 0 aliphatic heterocycles. The molecule has 0 aromatic carbocycles. The summed E-state index contributed by atoms with van der Waals surface area (Å²) >= 11 is 0. The van der Waals surface area contributed by atoms with Crippen molar-refractivity contribution in [3.8, 4) is 0 Å². The molecule has 21 heavy (non-hydrogen) atoms. The van der Waals surface area contributed by atoms with Crippen molar-refractivity contribution in [3.05, 3.63) is 24.3 Å². The Labute approximate surface area is 133 Å². The van der Waals surface area contributed by atoms with Gasteiger partial charge in [0.15, 0.2) is 0 Å². The van der Waals surface area contributed by atoms with Crippen molar-refractivity contribution in [1.29, 1.82) is 0 Å². The minimum atomic E-state index is 0.885. The zero-order valence-electron chi connectivity index (χ0n) is 14.4. The van der Waals surface area contributed by atoms with Gasteiger partial charge in [-0.1, -0.05) is 37.6 Å². The summed E-state index contributed by atoms with van der Waals surface area (Å²) in [6, 6.07) is 0. The van der Waals surface area contributed by atoms with Crippen LogP contribution in [0.1, 0.15) is 84.5 Å². The maximum Gasteiger partial charge on any atom is -0.0233 e. The van der Waals surface area contributed by atoms with Crippen molar-refractivity contribution in [2.24, 2.45) is 23.7 Å². The van der Waals surface area contributed by atoms with Gasteiger partial charge in [-0.2, -0.15) is 0 Å². The van der Waals surface area contributed by atoms with E-state index in [2.05, 4.69) is 38.2 Å². The lowest BCUT2D eigenvalue weighted by Gasteiger charge is -2.27. The summed E-state index contributed by atoms with van der Waals surface area (Å²) in [4.78, 5) is 0. The first-order valence-corrected chi connectivity index (χ1v) is 9.61. The van der Waals surface area contributed by atoms with E-state index in [0.717, 1.165) is 23.7 Å². The standard InChI is InChI=1S/C21H36/c1-3-7-19-14-16-21(17-15-19)9-6-5-8-20-12-10-18(4-2)11-13-20/h3,5,7-8,18-21H,4,6,9-17H2,1-2H3/b7-3+,8-5+. The van der Waals surface area contributed by atoms with Gasteiger partial charge in [0.1, 0.15) is 0 Å². The number of hydrogen-bond donors (Lipinski definition) is 0. The minimum Gasteiger partial charge on any atom is -0.0914 e. The highest BCUT2D eigenvalue weighted by Gasteiger charge is 2.19. The van der Waals surface area contributed by atoms with Gasteiger partial charge < -0.3 is 0 Å². The molecular formula is C21H36. The van der Waals surface area contributed by atoms with Gasteiger partial charge in [-0.05, 0) is 94.8 Å². The van der Waals surface area contributed by atoms with E-state index in [1.807, 2.05) is 0 Å². The van der Waals surface area contributed by atoms with Crippen molar-refractivity contribution in [3.63, 3.8) is 0 Å². The lowest BCUT2D eigenvalue weighted by molar-refractivity contribution is 0.295. The highest BCUT2D eigenvalue weighted by atomic mass is 14.2. The topological polar surface area (TPSA) is 0 Å². The van der Waals surface area contributed by atoms with Crippen molar-refractivity contribution in [2.45, 2.75) is 84.5 Å². The van der Waals surface area contributed by atoms with Crippen molar-refractivity contribution < 1.29 is 0 Å². The van der Waals surface area contributed by atoms with Crippen LogP contribution in [0.25, 0.3) is 0 Å². The second-order valence-electron chi connectivity index (χ2n) is 7.50. The van der Waals surface area contributed by atoms with Crippen molar-refractivity contribution >= 4 is 0 Å². The normalized spacial score (nSPS) is 34.8. The Hall–Kier alpha value is -0.520. The van der Waals surface area contributed by atoms with Gasteiger partial charge >= 0.3 is 0 Å². The second kappa shape index (κ2) is 9.49. The van der Waals surface area contributed by atoms with Crippen LogP contribution in [0.15, 0.2) is 24.3 Å². The molecule has 0 N–H and O–H groups in total. The zero-order valence-corrected chi connectivity index (χ0v) is 14.4. The van der Waals surface area contributed by atoms with Gasteiger partial charge in [0.2, 0.25) is 0 Å². The highest BCUT2D eigenvalue weighted by Crippen LogP contribution is 2.33. The number of allylic oxidation sites excluding steroid dienone is 4. The van der Waals surface area contributed by atoms with Gasteiger partial charge in [-0.25, -0.2) is 0 Å². The van der Waals surface area contributed by atoms with Gasteiger partial charge in [0.25, 0.3) is 0 Å². The Kier molecular flexibility index (Phi) is 7.61. The van der Waals surface area contributed by atoms with E-state index in [4.69, 9.17) is 0 Å². The van der Waals surface area contributed by atoms with Gasteiger partial charge in [-0.3, -0.25) is 0 Å². The first-order chi connectivity index (χ1) is 10.3. The fraction of sp³-hybridized carbons (Fsp3) is 0.810. The van der Waals surface area contributed by atoms with E-state index < -0.39 is 0 Å². The van der Waals surface area contributed by atoms with Crippen molar-refractivity contribution in [2.75, 3.05) is 0 Å². The van der Waals surface area contributed by atoms with Crippen LogP contribution < -0.4 is 0 Å². The summed E-state index contributed by atoms with van der Waals surface area (Å²) in [6.07, 6.45) is 25.5. The fourth-order valence-corrected chi connectivity index (χ4v) is 4.35. The quantitative estimate of drug-likeness (QED) is 0.465. The Morgan fingerprint density at radius 1 is 0.762 bits per heavy atom. The van der Waals surface area contributed by atoms with Crippen molar-refractivity contribution in [1.82, 2.24) is 0 Å². The molecule has 0 saturated heterocycles. The first-order valence-electron chi connectivity index (χ1n) is 9.61. The minimum absolute atomic E-state index is 0.885. The summed E-state index contributed by atoms with van der Waals surface area (Å²) in [5.74, 6) is 3.82. The zero-order chi connectivity index (χ0) is 14.9. The van der Waals surface area contributed by atoms with E-state index in [-0.39, 0.29) is 0 Å². The Morgan fingerprint density at radius 3 is 1.90 bits per heavy atom. The SMILES string of the molecule is C/C=C/C1CCC(CC/C=C/C2CCC(CC)CC2)CC1. The third kappa shape index (κ3) is 6.01. The Bertz CT molecular complexity index is 309. The first kappa shape index (κ1) is 16.8. The van der Waals surface area contributed by atoms with Crippen LogP contribution in [0.4, 0.5) is 0 Å². The van der Waals surface area contributed by atoms with Crippen LogP contribution in [0, 0.1) is 23.7 Å². The molecule has 0 heterocycles. The van der Waals surface area contributed by atoms with Gasteiger partial charge in [0.05, 0.1) is 0 Å². The lowest BCUT2D eigenvalue weighted by Crippen LogP contribution is -2.13. The Morgan fingerprint density at radius 2 is 1.33 bits per heavy atom. The summed E-state index contributed by atoms with van der Waals surface area (Å²) < 4.78 is 0. The van der Waals surface area contributed by atoms with Crippen LogP contribution in [-0.4, -0.2) is 0 Å². The molecule has 0 aromatic rings. The molecule has 0 spiro atoms. The average Bonchev–Trinajstić information content (AvgIpc) is 2.54. The van der Waals surface area contributed by atoms with E-state index in [1.165, 1.54) is 70.6 Å². The van der Waals surface area contributed by atoms with E-state index in [1.54, 1.807) is 0 Å². The smallest absolute Gasteiger partial charge is 0.0233 e. The summed E-state index contributed by atoms with van der Waals surface area (Å²) in [5, 5.41) is 0. The van der Waals surface area contributed by atoms with Crippen LogP contribution in [-0.2, 0) is 0 Å². The molecule has 120 valence electrons.